The fraction of sp³-hybridized carbons (Fsp3) is 0.562. The highest BCUT2D eigenvalue weighted by Crippen LogP contribution is 2.25. The zero-order chi connectivity index (χ0) is 17.7. The molecule has 8 heteroatoms. The Bertz CT molecular complexity index is 650. The summed E-state index contributed by atoms with van der Waals surface area (Å²) < 4.78 is 27.3. The van der Waals surface area contributed by atoms with E-state index in [0.717, 1.165) is 35.9 Å². The second kappa shape index (κ2) is 7.85. The van der Waals surface area contributed by atoms with E-state index in [2.05, 4.69) is 14.9 Å². The number of carbonyl (C=O) groups excluding carboxylic acids is 1. The number of hydrogen-bond acceptors (Lipinski definition) is 4. The Hall–Kier alpha value is -1.80. The first-order valence-electron chi connectivity index (χ1n) is 8.16. The third-order valence-electron chi connectivity index (χ3n) is 4.18. The molecule has 1 aromatic rings. The van der Waals surface area contributed by atoms with Crippen LogP contribution in [0.1, 0.15) is 19.8 Å². The molecule has 0 aromatic heterocycles. The summed E-state index contributed by atoms with van der Waals surface area (Å²) >= 11 is 0. The van der Waals surface area contributed by atoms with Gasteiger partial charge in [0, 0.05) is 51.0 Å². The Morgan fingerprint density at radius 3 is 2.29 bits per heavy atom. The molecule has 1 saturated heterocycles. The molecule has 2 rings (SSSR count). The lowest BCUT2D eigenvalue weighted by Gasteiger charge is -2.33. The van der Waals surface area contributed by atoms with Crippen molar-refractivity contribution in [3.8, 4) is 0 Å². The molecular formula is C16H26N4O3S. The maximum Gasteiger partial charge on any atom is 0.301 e. The fourth-order valence-electron chi connectivity index (χ4n) is 2.70. The molecule has 0 saturated carbocycles. The molecule has 1 fully saturated rings. The van der Waals surface area contributed by atoms with E-state index in [0.29, 0.717) is 12.2 Å². The predicted molar refractivity (Wildman–Crippen MR) is 96.3 cm³/mol. The number of hydrogen-bond donors (Lipinski definition) is 2. The van der Waals surface area contributed by atoms with Gasteiger partial charge in [0.2, 0.25) is 5.91 Å². The summed E-state index contributed by atoms with van der Waals surface area (Å²) in [7, 11) is -0.523. The zero-order valence-electron chi connectivity index (χ0n) is 14.4. The van der Waals surface area contributed by atoms with E-state index in [4.69, 9.17) is 0 Å². The molecule has 134 valence electrons. The summed E-state index contributed by atoms with van der Waals surface area (Å²) in [6.07, 6.45) is 1.67. The van der Waals surface area contributed by atoms with Gasteiger partial charge in [-0.2, -0.15) is 12.7 Å². The lowest BCUT2D eigenvalue weighted by Crippen LogP contribution is -2.40. The minimum Gasteiger partial charge on any atom is -0.371 e. The van der Waals surface area contributed by atoms with Gasteiger partial charge in [-0.1, -0.05) is 0 Å². The van der Waals surface area contributed by atoms with Gasteiger partial charge >= 0.3 is 10.2 Å². The van der Waals surface area contributed by atoms with E-state index in [-0.39, 0.29) is 11.8 Å². The Morgan fingerprint density at radius 2 is 1.79 bits per heavy atom. The molecule has 0 spiro atoms. The number of nitrogens with one attached hydrogen (secondary N) is 2. The molecule has 0 atom stereocenters. The number of anilines is 2. The van der Waals surface area contributed by atoms with Gasteiger partial charge < -0.3 is 10.2 Å². The van der Waals surface area contributed by atoms with Crippen molar-refractivity contribution in [3.05, 3.63) is 24.3 Å². The first-order chi connectivity index (χ1) is 11.3. The van der Waals surface area contributed by atoms with Gasteiger partial charge in [-0.15, -0.1) is 0 Å². The topological polar surface area (TPSA) is 81.8 Å². The Labute approximate surface area is 144 Å². The normalized spacial score (nSPS) is 16.2. The lowest BCUT2D eigenvalue weighted by atomic mass is 9.95. The number of rotatable bonds is 6. The molecule has 1 aliphatic heterocycles. The van der Waals surface area contributed by atoms with Crippen molar-refractivity contribution in [1.29, 1.82) is 0 Å². The van der Waals surface area contributed by atoms with E-state index in [1.807, 2.05) is 19.1 Å². The van der Waals surface area contributed by atoms with Crippen molar-refractivity contribution in [3.63, 3.8) is 0 Å². The van der Waals surface area contributed by atoms with Gasteiger partial charge in [-0.05, 0) is 44.0 Å². The number of piperidine rings is 1. The van der Waals surface area contributed by atoms with Crippen LogP contribution in [0.2, 0.25) is 0 Å². The molecule has 2 N–H and O–H groups in total. The van der Waals surface area contributed by atoms with E-state index < -0.39 is 10.2 Å². The Morgan fingerprint density at radius 1 is 1.21 bits per heavy atom. The van der Waals surface area contributed by atoms with Crippen LogP contribution in [0.5, 0.6) is 0 Å². The second-order valence-electron chi connectivity index (χ2n) is 6.09. The Balaban J connectivity index is 1.94. The molecule has 1 aromatic carbocycles. The van der Waals surface area contributed by atoms with Crippen molar-refractivity contribution < 1.29 is 13.2 Å². The van der Waals surface area contributed by atoms with E-state index in [9.17, 15) is 13.2 Å². The number of carbonyl (C=O) groups is 1. The van der Waals surface area contributed by atoms with Crippen LogP contribution in [0, 0.1) is 5.92 Å². The van der Waals surface area contributed by atoms with Gasteiger partial charge in [0.1, 0.15) is 0 Å². The minimum absolute atomic E-state index is 0.0902. The third kappa shape index (κ3) is 4.61. The molecule has 0 bridgehead atoms. The second-order valence-corrected chi connectivity index (χ2v) is 7.98. The first kappa shape index (κ1) is 18.5. The van der Waals surface area contributed by atoms with E-state index in [1.54, 1.807) is 12.1 Å². The largest absolute Gasteiger partial charge is 0.371 e. The first-order valence-corrected chi connectivity index (χ1v) is 9.60. The summed E-state index contributed by atoms with van der Waals surface area (Å²) in [6, 6.07) is 7.32. The number of benzene rings is 1. The molecule has 24 heavy (non-hydrogen) atoms. The van der Waals surface area contributed by atoms with Crippen LogP contribution in [-0.4, -0.2) is 52.4 Å². The molecule has 7 nitrogen and oxygen atoms in total. The molecule has 0 aliphatic carbocycles. The van der Waals surface area contributed by atoms with Gasteiger partial charge in [0.25, 0.3) is 0 Å². The van der Waals surface area contributed by atoms with E-state index >= 15 is 0 Å². The highest BCUT2D eigenvalue weighted by atomic mass is 32.2. The summed E-state index contributed by atoms with van der Waals surface area (Å²) in [5.41, 5.74) is 1.57. The van der Waals surface area contributed by atoms with Crippen LogP contribution < -0.4 is 14.9 Å². The predicted octanol–water partition coefficient (Wildman–Crippen LogP) is 1.26. The van der Waals surface area contributed by atoms with Crippen molar-refractivity contribution in [2.24, 2.45) is 5.92 Å². The molecule has 1 amide bonds. The maximum absolute atomic E-state index is 11.9. The van der Waals surface area contributed by atoms with Crippen LogP contribution in [0.25, 0.3) is 0 Å². The summed E-state index contributed by atoms with van der Waals surface area (Å²) in [4.78, 5) is 14.1. The smallest absolute Gasteiger partial charge is 0.301 e. The fourth-order valence-corrected chi connectivity index (χ4v) is 3.32. The number of nitrogens with zero attached hydrogens (tertiary/aromatic N) is 2. The van der Waals surface area contributed by atoms with Crippen LogP contribution in [0.15, 0.2) is 24.3 Å². The van der Waals surface area contributed by atoms with Gasteiger partial charge in [-0.3, -0.25) is 9.52 Å². The average Bonchev–Trinajstić information content (AvgIpc) is 2.55. The SMILES string of the molecule is CCNC(=O)C1CCN(c2ccc(NS(=O)(=O)N(C)C)cc2)CC1. The van der Waals surface area contributed by atoms with Crippen LogP contribution in [0.3, 0.4) is 0 Å². The minimum atomic E-state index is -3.49. The maximum atomic E-state index is 11.9. The van der Waals surface area contributed by atoms with Crippen molar-refractivity contribution in [2.45, 2.75) is 19.8 Å². The number of amides is 1. The quantitative estimate of drug-likeness (QED) is 0.806. The zero-order valence-corrected chi connectivity index (χ0v) is 15.3. The van der Waals surface area contributed by atoms with Gasteiger partial charge in [0.15, 0.2) is 0 Å². The van der Waals surface area contributed by atoms with Crippen LogP contribution >= 0.6 is 0 Å². The lowest BCUT2D eigenvalue weighted by molar-refractivity contribution is -0.125. The van der Waals surface area contributed by atoms with E-state index in [1.165, 1.54) is 14.1 Å². The van der Waals surface area contributed by atoms with Gasteiger partial charge in [-0.25, -0.2) is 0 Å². The highest BCUT2D eigenvalue weighted by Gasteiger charge is 2.24. The van der Waals surface area contributed by atoms with Crippen molar-refractivity contribution in [2.75, 3.05) is 43.4 Å². The summed E-state index contributed by atoms with van der Waals surface area (Å²) in [5, 5.41) is 2.88. The molecule has 0 unspecified atom stereocenters. The van der Waals surface area contributed by atoms with Gasteiger partial charge in [0.05, 0.1) is 0 Å². The Kier molecular flexibility index (Phi) is 6.06. The molecule has 0 radical (unpaired) electrons. The van der Waals surface area contributed by atoms with Crippen LogP contribution in [0.4, 0.5) is 11.4 Å². The van der Waals surface area contributed by atoms with Crippen molar-refractivity contribution >= 4 is 27.5 Å². The van der Waals surface area contributed by atoms with Crippen LogP contribution in [-0.2, 0) is 15.0 Å². The summed E-state index contributed by atoms with van der Waals surface area (Å²) in [6.45, 7) is 4.25. The molecule has 1 aliphatic rings. The third-order valence-corrected chi connectivity index (χ3v) is 5.63. The molecule has 1 heterocycles. The average molecular weight is 354 g/mol. The standard InChI is InChI=1S/C16H26N4O3S/c1-4-17-16(21)13-9-11-20(12-10-13)15-7-5-14(6-8-15)18-24(22,23)19(2)3/h5-8,13,18H,4,9-12H2,1-3H3,(H,17,21). The highest BCUT2D eigenvalue weighted by molar-refractivity contribution is 7.90. The monoisotopic (exact) mass is 354 g/mol. The summed E-state index contributed by atoms with van der Waals surface area (Å²) in [5.74, 6) is 0.234. The molecular weight excluding hydrogens is 328 g/mol. The van der Waals surface area contributed by atoms with Crippen molar-refractivity contribution in [1.82, 2.24) is 9.62 Å².